The normalized spacial score (nSPS) is 11.7. The molecular formula is C14H21N. The molecule has 0 radical (unpaired) electrons. The molecule has 1 heteroatoms. The highest BCUT2D eigenvalue weighted by atomic mass is 14.2. The van der Waals surface area contributed by atoms with E-state index < -0.39 is 0 Å². The summed E-state index contributed by atoms with van der Waals surface area (Å²) >= 11 is 0. The van der Waals surface area contributed by atoms with Crippen molar-refractivity contribution in [1.82, 2.24) is 0 Å². The zero-order chi connectivity index (χ0) is 11.2. The van der Waals surface area contributed by atoms with Crippen LogP contribution in [0.5, 0.6) is 0 Å². The summed E-state index contributed by atoms with van der Waals surface area (Å²) in [6.45, 7) is 2.02. The van der Waals surface area contributed by atoms with Gasteiger partial charge < -0.3 is 0 Å². The minimum Gasteiger partial charge on any atom is -0.198 e. The Bertz CT molecular complexity index is 241. The van der Waals surface area contributed by atoms with Gasteiger partial charge in [0.1, 0.15) is 0 Å². The summed E-state index contributed by atoms with van der Waals surface area (Å²) in [5.41, 5.74) is 0. The Morgan fingerprint density at radius 1 is 0.933 bits per heavy atom. The molecule has 15 heavy (non-hydrogen) atoms. The summed E-state index contributed by atoms with van der Waals surface area (Å²) in [7, 11) is 0. The molecule has 0 heterocycles. The number of allylic oxidation sites excluding steroid dienone is 6. The summed E-state index contributed by atoms with van der Waals surface area (Å²) in [6.07, 6.45) is 19.0. The number of rotatable bonds is 8. The summed E-state index contributed by atoms with van der Waals surface area (Å²) < 4.78 is 0. The molecular weight excluding hydrogens is 182 g/mol. The number of nitriles is 1. The average molecular weight is 203 g/mol. The van der Waals surface area contributed by atoms with E-state index in [9.17, 15) is 0 Å². The molecule has 0 aromatic carbocycles. The van der Waals surface area contributed by atoms with Crippen LogP contribution in [-0.2, 0) is 0 Å². The third-order valence-corrected chi connectivity index (χ3v) is 2.02. The van der Waals surface area contributed by atoms with Gasteiger partial charge in [-0.15, -0.1) is 0 Å². The third kappa shape index (κ3) is 12.7. The van der Waals surface area contributed by atoms with Crippen LogP contribution in [0.1, 0.15) is 45.4 Å². The van der Waals surface area contributed by atoms with Crippen LogP contribution in [0.15, 0.2) is 36.5 Å². The fraction of sp³-hybridized carbons (Fsp3) is 0.500. The first-order valence-electron chi connectivity index (χ1n) is 5.71. The maximum Gasteiger partial charge on any atom is 0.0621 e. The van der Waals surface area contributed by atoms with Crippen molar-refractivity contribution < 1.29 is 0 Å². The standard InChI is InChI=1S/C14H21N/c1-2-3-4-5-6-7-8-9-10-11-12-13-14-15/h2-5,8-9H,6-7,10-13H2,1H3/b3-2+,5-4+,9-8+. The Labute approximate surface area is 93.8 Å². The van der Waals surface area contributed by atoms with Crippen LogP contribution in [0.3, 0.4) is 0 Å². The van der Waals surface area contributed by atoms with Crippen LogP contribution in [0.2, 0.25) is 0 Å². The lowest BCUT2D eigenvalue weighted by Gasteiger charge is -1.90. The first kappa shape index (κ1) is 13.7. The summed E-state index contributed by atoms with van der Waals surface area (Å²) in [5, 5.41) is 8.33. The molecule has 0 unspecified atom stereocenters. The molecule has 1 nitrogen and oxygen atoms in total. The minimum absolute atomic E-state index is 0.694. The predicted octanol–water partition coefficient (Wildman–Crippen LogP) is 4.54. The first-order chi connectivity index (χ1) is 7.41. The fourth-order valence-electron chi connectivity index (χ4n) is 1.18. The quantitative estimate of drug-likeness (QED) is 0.323. The molecule has 0 aromatic heterocycles. The fourth-order valence-corrected chi connectivity index (χ4v) is 1.18. The molecule has 0 bridgehead atoms. The first-order valence-corrected chi connectivity index (χ1v) is 5.71. The van der Waals surface area contributed by atoms with E-state index in [1.54, 1.807) is 0 Å². The van der Waals surface area contributed by atoms with Gasteiger partial charge in [-0.3, -0.25) is 0 Å². The summed E-state index contributed by atoms with van der Waals surface area (Å²) in [5.74, 6) is 0. The van der Waals surface area contributed by atoms with E-state index in [-0.39, 0.29) is 0 Å². The van der Waals surface area contributed by atoms with Crippen LogP contribution >= 0.6 is 0 Å². The molecule has 0 spiro atoms. The van der Waals surface area contributed by atoms with E-state index in [1.165, 1.54) is 0 Å². The molecule has 0 aliphatic heterocycles. The second-order valence-electron chi connectivity index (χ2n) is 3.41. The molecule has 0 saturated carbocycles. The molecule has 0 aliphatic rings. The number of unbranched alkanes of at least 4 members (excludes halogenated alkanes) is 4. The molecule has 0 aromatic rings. The molecule has 0 rings (SSSR count). The molecule has 0 amide bonds. The lowest BCUT2D eigenvalue weighted by molar-refractivity contribution is 0.766. The van der Waals surface area contributed by atoms with Crippen molar-refractivity contribution in [3.63, 3.8) is 0 Å². The van der Waals surface area contributed by atoms with Crippen LogP contribution < -0.4 is 0 Å². The van der Waals surface area contributed by atoms with Crippen molar-refractivity contribution in [3.05, 3.63) is 36.5 Å². The molecule has 82 valence electrons. The van der Waals surface area contributed by atoms with E-state index in [0.717, 1.165) is 32.1 Å². The van der Waals surface area contributed by atoms with Gasteiger partial charge in [0.2, 0.25) is 0 Å². The van der Waals surface area contributed by atoms with E-state index in [2.05, 4.69) is 30.4 Å². The van der Waals surface area contributed by atoms with Crippen molar-refractivity contribution in [1.29, 1.82) is 5.26 Å². The monoisotopic (exact) mass is 203 g/mol. The van der Waals surface area contributed by atoms with Gasteiger partial charge in [-0.1, -0.05) is 36.5 Å². The largest absolute Gasteiger partial charge is 0.198 e. The van der Waals surface area contributed by atoms with E-state index in [4.69, 9.17) is 5.26 Å². The van der Waals surface area contributed by atoms with Crippen molar-refractivity contribution in [2.45, 2.75) is 45.4 Å². The second kappa shape index (κ2) is 12.7. The van der Waals surface area contributed by atoms with Crippen LogP contribution in [0.25, 0.3) is 0 Å². The highest BCUT2D eigenvalue weighted by Gasteiger charge is 1.83. The highest BCUT2D eigenvalue weighted by Crippen LogP contribution is 2.01. The molecule has 0 atom stereocenters. The second-order valence-corrected chi connectivity index (χ2v) is 3.41. The van der Waals surface area contributed by atoms with Gasteiger partial charge in [0.05, 0.1) is 6.07 Å². The Morgan fingerprint density at radius 2 is 1.67 bits per heavy atom. The third-order valence-electron chi connectivity index (χ3n) is 2.02. The maximum absolute atomic E-state index is 8.33. The van der Waals surface area contributed by atoms with Gasteiger partial charge in [-0.25, -0.2) is 0 Å². The van der Waals surface area contributed by atoms with Gasteiger partial charge in [-0.05, 0) is 39.0 Å². The lowest BCUT2D eigenvalue weighted by atomic mass is 10.2. The summed E-state index contributed by atoms with van der Waals surface area (Å²) in [4.78, 5) is 0. The molecule has 0 N–H and O–H groups in total. The van der Waals surface area contributed by atoms with Gasteiger partial charge in [-0.2, -0.15) is 5.26 Å². The van der Waals surface area contributed by atoms with E-state index >= 15 is 0 Å². The minimum atomic E-state index is 0.694. The molecule has 0 fully saturated rings. The van der Waals surface area contributed by atoms with Gasteiger partial charge in [0.15, 0.2) is 0 Å². The predicted molar refractivity (Wildman–Crippen MR) is 66.4 cm³/mol. The molecule has 0 aliphatic carbocycles. The maximum atomic E-state index is 8.33. The Balaban J connectivity index is 3.21. The van der Waals surface area contributed by atoms with Crippen molar-refractivity contribution in [2.75, 3.05) is 0 Å². The van der Waals surface area contributed by atoms with Crippen LogP contribution in [-0.4, -0.2) is 0 Å². The highest BCUT2D eigenvalue weighted by molar-refractivity contribution is 5.01. The van der Waals surface area contributed by atoms with E-state index in [1.807, 2.05) is 19.1 Å². The SMILES string of the molecule is C/C=C/C=C/CC/C=C/CCCCC#N. The summed E-state index contributed by atoms with van der Waals surface area (Å²) in [6, 6.07) is 2.16. The Hall–Kier alpha value is -1.29. The Kier molecular flexibility index (Phi) is 11.6. The van der Waals surface area contributed by atoms with Crippen molar-refractivity contribution in [2.24, 2.45) is 0 Å². The zero-order valence-electron chi connectivity index (χ0n) is 9.65. The number of nitrogens with zero attached hydrogens (tertiary/aromatic N) is 1. The number of hydrogen-bond donors (Lipinski definition) is 0. The van der Waals surface area contributed by atoms with Gasteiger partial charge in [0.25, 0.3) is 0 Å². The average Bonchev–Trinajstić information content (AvgIpc) is 2.26. The topological polar surface area (TPSA) is 23.8 Å². The lowest BCUT2D eigenvalue weighted by Crippen LogP contribution is -1.72. The Morgan fingerprint density at radius 3 is 2.40 bits per heavy atom. The van der Waals surface area contributed by atoms with E-state index in [0.29, 0.717) is 6.42 Å². The van der Waals surface area contributed by atoms with Gasteiger partial charge in [0, 0.05) is 6.42 Å². The number of hydrogen-bond acceptors (Lipinski definition) is 1. The van der Waals surface area contributed by atoms with Gasteiger partial charge >= 0.3 is 0 Å². The molecule has 0 saturated heterocycles. The van der Waals surface area contributed by atoms with Crippen molar-refractivity contribution in [3.8, 4) is 6.07 Å². The van der Waals surface area contributed by atoms with Crippen LogP contribution in [0, 0.1) is 11.3 Å². The van der Waals surface area contributed by atoms with Crippen molar-refractivity contribution >= 4 is 0 Å². The van der Waals surface area contributed by atoms with Crippen LogP contribution in [0.4, 0.5) is 0 Å². The zero-order valence-corrected chi connectivity index (χ0v) is 9.65. The smallest absolute Gasteiger partial charge is 0.0621 e.